The van der Waals surface area contributed by atoms with Crippen LogP contribution < -0.4 is 10.5 Å². The van der Waals surface area contributed by atoms with Gasteiger partial charge in [0, 0.05) is 11.6 Å². The number of halogens is 2. The molecule has 0 atom stereocenters. The van der Waals surface area contributed by atoms with Crippen molar-refractivity contribution in [1.29, 1.82) is 0 Å². The lowest BCUT2D eigenvalue weighted by molar-refractivity contribution is 0.369. The van der Waals surface area contributed by atoms with E-state index in [0.717, 1.165) is 6.07 Å². The van der Waals surface area contributed by atoms with E-state index in [4.69, 9.17) is 22.1 Å². The summed E-state index contributed by atoms with van der Waals surface area (Å²) in [7, 11) is 1.37. The molecular formula is C10H13ClFNO2. The number of hydrogen-bond acceptors (Lipinski definition) is 3. The normalized spacial score (nSPS) is 11.6. The van der Waals surface area contributed by atoms with Crippen molar-refractivity contribution in [2.75, 3.05) is 7.11 Å². The van der Waals surface area contributed by atoms with Gasteiger partial charge in [0.15, 0.2) is 11.6 Å². The van der Waals surface area contributed by atoms with Gasteiger partial charge in [0.1, 0.15) is 5.75 Å². The molecule has 0 fully saturated rings. The van der Waals surface area contributed by atoms with Gasteiger partial charge in [-0.1, -0.05) is 11.6 Å². The van der Waals surface area contributed by atoms with E-state index >= 15 is 0 Å². The number of ether oxygens (including phenoxy) is 1. The summed E-state index contributed by atoms with van der Waals surface area (Å²) < 4.78 is 18.6. The zero-order chi connectivity index (χ0) is 11.8. The Bertz CT molecular complexity index is 388. The average Bonchev–Trinajstić information content (AvgIpc) is 2.08. The highest BCUT2D eigenvalue weighted by atomic mass is 35.5. The van der Waals surface area contributed by atoms with Crippen LogP contribution >= 0.6 is 11.6 Å². The maximum absolute atomic E-state index is 13.7. The SMILES string of the molecule is COc1c(Cl)cc(O)c(F)c1C(C)(C)N. The van der Waals surface area contributed by atoms with Crippen LogP contribution in [0, 0.1) is 5.82 Å². The van der Waals surface area contributed by atoms with E-state index in [1.54, 1.807) is 13.8 Å². The minimum absolute atomic E-state index is 0.0648. The minimum Gasteiger partial charge on any atom is -0.505 e. The molecule has 0 spiro atoms. The molecule has 84 valence electrons. The van der Waals surface area contributed by atoms with Gasteiger partial charge in [-0.3, -0.25) is 0 Å². The van der Waals surface area contributed by atoms with E-state index < -0.39 is 17.1 Å². The van der Waals surface area contributed by atoms with Gasteiger partial charge < -0.3 is 15.6 Å². The maximum Gasteiger partial charge on any atom is 0.173 e. The molecule has 0 aliphatic heterocycles. The Morgan fingerprint density at radius 3 is 2.47 bits per heavy atom. The molecule has 0 aliphatic rings. The van der Waals surface area contributed by atoms with Crippen molar-refractivity contribution in [3.63, 3.8) is 0 Å². The first kappa shape index (κ1) is 12.1. The van der Waals surface area contributed by atoms with Crippen molar-refractivity contribution < 1.29 is 14.2 Å². The van der Waals surface area contributed by atoms with Crippen molar-refractivity contribution in [2.45, 2.75) is 19.4 Å². The fraction of sp³-hybridized carbons (Fsp3) is 0.400. The number of phenols is 1. The van der Waals surface area contributed by atoms with Crippen molar-refractivity contribution in [2.24, 2.45) is 5.73 Å². The molecule has 3 nitrogen and oxygen atoms in total. The third-order valence-corrected chi connectivity index (χ3v) is 2.28. The van der Waals surface area contributed by atoms with Crippen LogP contribution in [0.3, 0.4) is 0 Å². The maximum atomic E-state index is 13.7. The molecule has 0 radical (unpaired) electrons. The first-order chi connectivity index (χ1) is 6.79. The van der Waals surface area contributed by atoms with Gasteiger partial charge in [-0.2, -0.15) is 0 Å². The molecule has 1 aromatic carbocycles. The van der Waals surface area contributed by atoms with Crippen LogP contribution in [0.25, 0.3) is 0 Å². The van der Waals surface area contributed by atoms with Crippen LogP contribution in [0.15, 0.2) is 6.07 Å². The molecule has 0 amide bonds. The molecule has 0 saturated heterocycles. The minimum atomic E-state index is -0.988. The van der Waals surface area contributed by atoms with Crippen LogP contribution in [-0.2, 0) is 5.54 Å². The van der Waals surface area contributed by atoms with Gasteiger partial charge in [-0.15, -0.1) is 0 Å². The lowest BCUT2D eigenvalue weighted by atomic mass is 9.93. The highest BCUT2D eigenvalue weighted by Crippen LogP contribution is 2.40. The molecule has 1 aromatic rings. The fourth-order valence-electron chi connectivity index (χ4n) is 1.37. The molecule has 0 aliphatic carbocycles. The second kappa shape index (κ2) is 3.87. The molecule has 15 heavy (non-hydrogen) atoms. The van der Waals surface area contributed by atoms with E-state index in [0.29, 0.717) is 0 Å². The first-order valence-corrected chi connectivity index (χ1v) is 4.71. The van der Waals surface area contributed by atoms with Crippen LogP contribution in [0.1, 0.15) is 19.4 Å². The predicted molar refractivity (Wildman–Crippen MR) is 56.8 cm³/mol. The molecular weight excluding hydrogens is 221 g/mol. The van der Waals surface area contributed by atoms with E-state index in [-0.39, 0.29) is 16.3 Å². The van der Waals surface area contributed by atoms with Gasteiger partial charge in [-0.05, 0) is 13.8 Å². The van der Waals surface area contributed by atoms with Crippen LogP contribution in [0.4, 0.5) is 4.39 Å². The highest BCUT2D eigenvalue weighted by Gasteiger charge is 2.28. The summed E-state index contributed by atoms with van der Waals surface area (Å²) in [6, 6.07) is 1.09. The molecule has 3 N–H and O–H groups in total. The van der Waals surface area contributed by atoms with Crippen LogP contribution in [0.5, 0.6) is 11.5 Å². The average molecular weight is 234 g/mol. The van der Waals surface area contributed by atoms with E-state index in [1.165, 1.54) is 7.11 Å². The second-order valence-electron chi connectivity index (χ2n) is 3.82. The fourth-order valence-corrected chi connectivity index (χ4v) is 1.65. The van der Waals surface area contributed by atoms with Crippen molar-refractivity contribution >= 4 is 11.6 Å². The summed E-state index contributed by atoms with van der Waals surface area (Å²) in [5, 5.41) is 9.42. The zero-order valence-corrected chi connectivity index (χ0v) is 9.52. The number of aromatic hydroxyl groups is 1. The highest BCUT2D eigenvalue weighted by molar-refractivity contribution is 6.32. The summed E-state index contributed by atoms with van der Waals surface area (Å²) >= 11 is 5.81. The largest absolute Gasteiger partial charge is 0.505 e. The van der Waals surface area contributed by atoms with Gasteiger partial charge in [0.25, 0.3) is 0 Å². The quantitative estimate of drug-likeness (QED) is 0.825. The Kier molecular flexibility index (Phi) is 3.11. The molecule has 1 rings (SSSR count). The van der Waals surface area contributed by atoms with Gasteiger partial charge in [0.2, 0.25) is 0 Å². The second-order valence-corrected chi connectivity index (χ2v) is 4.23. The monoisotopic (exact) mass is 233 g/mol. The molecule has 0 bridgehead atoms. The van der Waals surface area contributed by atoms with Gasteiger partial charge in [0.05, 0.1) is 17.7 Å². The summed E-state index contributed by atoms with van der Waals surface area (Å²) in [5.74, 6) is -1.18. The number of hydrogen-bond donors (Lipinski definition) is 2. The lowest BCUT2D eigenvalue weighted by Crippen LogP contribution is -2.30. The van der Waals surface area contributed by atoms with E-state index in [2.05, 4.69) is 0 Å². The Balaban J connectivity index is 3.59. The van der Waals surface area contributed by atoms with Crippen molar-refractivity contribution in [3.8, 4) is 11.5 Å². The number of methoxy groups -OCH3 is 1. The number of rotatable bonds is 2. The number of nitrogens with two attached hydrogens (primary N) is 1. The van der Waals surface area contributed by atoms with E-state index in [9.17, 15) is 9.50 Å². The standard InChI is InChI=1S/C10H13ClFNO2/c1-10(2,13)7-8(12)6(14)4-5(11)9(7)15-3/h4,14H,13H2,1-3H3. The third kappa shape index (κ3) is 2.16. The summed E-state index contributed by atoms with van der Waals surface area (Å²) in [5.41, 5.74) is 4.86. The Morgan fingerprint density at radius 2 is 2.07 bits per heavy atom. The van der Waals surface area contributed by atoms with E-state index in [1.807, 2.05) is 0 Å². The lowest BCUT2D eigenvalue weighted by Gasteiger charge is -2.23. The van der Waals surface area contributed by atoms with Crippen LogP contribution in [0.2, 0.25) is 5.02 Å². The summed E-state index contributed by atoms with van der Waals surface area (Å²) in [6.45, 7) is 3.20. The molecule has 5 heteroatoms. The molecule has 0 heterocycles. The first-order valence-electron chi connectivity index (χ1n) is 4.33. The molecule has 0 aromatic heterocycles. The van der Waals surface area contributed by atoms with Crippen molar-refractivity contribution in [1.82, 2.24) is 0 Å². The van der Waals surface area contributed by atoms with Crippen molar-refractivity contribution in [3.05, 3.63) is 22.5 Å². The number of phenolic OH excluding ortho intramolecular Hbond substituents is 1. The van der Waals surface area contributed by atoms with Gasteiger partial charge >= 0.3 is 0 Å². The third-order valence-electron chi connectivity index (χ3n) is 2.00. The predicted octanol–water partition coefficient (Wildman–Crippen LogP) is 2.39. The number of benzene rings is 1. The zero-order valence-electron chi connectivity index (χ0n) is 8.77. The molecule has 0 unspecified atom stereocenters. The Labute approximate surface area is 92.6 Å². The smallest absolute Gasteiger partial charge is 0.173 e. The Morgan fingerprint density at radius 1 is 1.53 bits per heavy atom. The van der Waals surface area contributed by atoms with Gasteiger partial charge in [-0.25, -0.2) is 4.39 Å². The molecule has 0 saturated carbocycles. The summed E-state index contributed by atoms with van der Waals surface area (Å²) in [4.78, 5) is 0. The summed E-state index contributed by atoms with van der Waals surface area (Å²) in [6.07, 6.45) is 0. The topological polar surface area (TPSA) is 55.5 Å². The Hall–Kier alpha value is -1.00. The van der Waals surface area contributed by atoms with Crippen LogP contribution in [-0.4, -0.2) is 12.2 Å².